The van der Waals surface area contributed by atoms with Crippen molar-refractivity contribution in [2.24, 2.45) is 0 Å². The summed E-state index contributed by atoms with van der Waals surface area (Å²) in [4.78, 5) is 35.5. The highest BCUT2D eigenvalue weighted by Crippen LogP contribution is 2.35. The van der Waals surface area contributed by atoms with Crippen LogP contribution in [0.5, 0.6) is 11.5 Å². The first-order valence-corrected chi connectivity index (χ1v) is 12.4. The van der Waals surface area contributed by atoms with Crippen molar-refractivity contribution in [3.8, 4) is 21.9 Å². The van der Waals surface area contributed by atoms with Crippen molar-refractivity contribution in [2.75, 3.05) is 19.8 Å². The number of aromatic nitrogens is 2. The Bertz CT molecular complexity index is 1390. The summed E-state index contributed by atoms with van der Waals surface area (Å²) in [6.45, 7) is 5.91. The van der Waals surface area contributed by atoms with Gasteiger partial charge in [0.2, 0.25) is 5.91 Å². The summed E-state index contributed by atoms with van der Waals surface area (Å²) < 4.78 is 12.6. The van der Waals surface area contributed by atoms with Crippen LogP contribution in [0.3, 0.4) is 0 Å². The van der Waals surface area contributed by atoms with Crippen LogP contribution in [0.2, 0.25) is 0 Å². The Morgan fingerprint density at radius 3 is 2.76 bits per heavy atom. The first-order chi connectivity index (χ1) is 16.0. The molecule has 0 fully saturated rings. The SMILES string of the molecule is CCN(Cc1ccc2c(c1)OCCO2)C(=O)Cn1cnc2scc(-c3ccc(C)s3)c2c1=O. The molecule has 1 aliphatic rings. The topological polar surface area (TPSA) is 73.7 Å². The van der Waals surface area contributed by atoms with E-state index in [9.17, 15) is 9.59 Å². The molecule has 0 atom stereocenters. The molecule has 33 heavy (non-hydrogen) atoms. The molecule has 0 spiro atoms. The van der Waals surface area contributed by atoms with Crippen LogP contribution in [0.25, 0.3) is 20.7 Å². The highest BCUT2D eigenvalue weighted by molar-refractivity contribution is 7.19. The van der Waals surface area contributed by atoms with Gasteiger partial charge in [0.1, 0.15) is 24.6 Å². The minimum Gasteiger partial charge on any atom is -0.486 e. The number of hydrogen-bond acceptors (Lipinski definition) is 7. The molecule has 3 aromatic heterocycles. The maximum Gasteiger partial charge on any atom is 0.263 e. The molecule has 5 rings (SSSR count). The largest absolute Gasteiger partial charge is 0.486 e. The third-order valence-corrected chi connectivity index (χ3v) is 7.51. The summed E-state index contributed by atoms with van der Waals surface area (Å²) in [5.74, 6) is 1.28. The molecule has 9 heteroatoms. The van der Waals surface area contributed by atoms with Gasteiger partial charge in [-0.2, -0.15) is 0 Å². The lowest BCUT2D eigenvalue weighted by Crippen LogP contribution is -2.36. The van der Waals surface area contributed by atoms with Gasteiger partial charge in [0.25, 0.3) is 5.56 Å². The molecule has 0 unspecified atom stereocenters. The zero-order chi connectivity index (χ0) is 22.9. The Hall–Kier alpha value is -3.17. The second-order valence-electron chi connectivity index (χ2n) is 7.80. The number of carbonyl (C=O) groups excluding carboxylic acids is 1. The molecule has 170 valence electrons. The predicted octanol–water partition coefficient (Wildman–Crippen LogP) is 4.31. The van der Waals surface area contributed by atoms with E-state index in [1.807, 2.05) is 49.6 Å². The molecule has 4 heterocycles. The van der Waals surface area contributed by atoms with Crippen LogP contribution < -0.4 is 15.0 Å². The molecule has 0 radical (unpaired) electrons. The lowest BCUT2D eigenvalue weighted by Gasteiger charge is -2.23. The number of benzene rings is 1. The summed E-state index contributed by atoms with van der Waals surface area (Å²) in [6, 6.07) is 9.78. The number of amides is 1. The van der Waals surface area contributed by atoms with Crippen LogP contribution in [0.4, 0.5) is 0 Å². The lowest BCUT2D eigenvalue weighted by molar-refractivity contribution is -0.132. The van der Waals surface area contributed by atoms with E-state index in [0.29, 0.717) is 42.3 Å². The first kappa shape index (κ1) is 21.7. The van der Waals surface area contributed by atoms with Crippen molar-refractivity contribution in [3.05, 3.63) is 62.8 Å². The highest BCUT2D eigenvalue weighted by Gasteiger charge is 2.19. The average Bonchev–Trinajstić information content (AvgIpc) is 3.45. The zero-order valence-electron chi connectivity index (χ0n) is 18.4. The van der Waals surface area contributed by atoms with Crippen LogP contribution >= 0.6 is 22.7 Å². The van der Waals surface area contributed by atoms with Crippen LogP contribution in [0.15, 0.2) is 46.8 Å². The van der Waals surface area contributed by atoms with Crippen molar-refractivity contribution < 1.29 is 14.3 Å². The zero-order valence-corrected chi connectivity index (χ0v) is 20.0. The fourth-order valence-corrected chi connectivity index (χ4v) is 5.73. The Kier molecular flexibility index (Phi) is 5.90. The van der Waals surface area contributed by atoms with E-state index in [1.165, 1.54) is 27.1 Å². The summed E-state index contributed by atoms with van der Waals surface area (Å²) >= 11 is 3.09. The van der Waals surface area contributed by atoms with Gasteiger partial charge in [-0.25, -0.2) is 4.98 Å². The Labute approximate surface area is 198 Å². The number of fused-ring (bicyclic) bond motifs is 2. The Morgan fingerprint density at radius 2 is 2.00 bits per heavy atom. The van der Waals surface area contributed by atoms with Crippen LogP contribution in [-0.4, -0.2) is 40.1 Å². The van der Waals surface area contributed by atoms with Crippen molar-refractivity contribution in [1.29, 1.82) is 0 Å². The molecule has 0 aliphatic carbocycles. The monoisotopic (exact) mass is 481 g/mol. The van der Waals surface area contributed by atoms with Gasteiger partial charge in [0.15, 0.2) is 11.5 Å². The van der Waals surface area contributed by atoms with Crippen LogP contribution in [-0.2, 0) is 17.9 Å². The van der Waals surface area contributed by atoms with E-state index in [4.69, 9.17) is 9.47 Å². The average molecular weight is 482 g/mol. The smallest absolute Gasteiger partial charge is 0.263 e. The van der Waals surface area contributed by atoms with E-state index in [-0.39, 0.29) is 18.0 Å². The number of hydrogen-bond donors (Lipinski definition) is 0. The molecular weight excluding hydrogens is 458 g/mol. The lowest BCUT2D eigenvalue weighted by atomic mass is 10.1. The maximum atomic E-state index is 13.3. The van der Waals surface area contributed by atoms with Gasteiger partial charge in [-0.15, -0.1) is 22.7 Å². The van der Waals surface area contributed by atoms with Gasteiger partial charge >= 0.3 is 0 Å². The second-order valence-corrected chi connectivity index (χ2v) is 9.95. The quantitative estimate of drug-likeness (QED) is 0.410. The minimum atomic E-state index is -0.189. The van der Waals surface area contributed by atoms with E-state index in [2.05, 4.69) is 4.98 Å². The molecular formula is C24H23N3O4S2. The van der Waals surface area contributed by atoms with Gasteiger partial charge in [0, 0.05) is 33.8 Å². The summed E-state index contributed by atoms with van der Waals surface area (Å²) in [7, 11) is 0. The van der Waals surface area contributed by atoms with Gasteiger partial charge in [-0.1, -0.05) is 6.07 Å². The molecule has 1 amide bonds. The normalized spacial score (nSPS) is 12.8. The maximum absolute atomic E-state index is 13.3. The number of carbonyl (C=O) groups is 1. The molecule has 0 saturated carbocycles. The summed E-state index contributed by atoms with van der Waals surface area (Å²) in [6.07, 6.45) is 1.47. The highest BCUT2D eigenvalue weighted by atomic mass is 32.1. The van der Waals surface area contributed by atoms with E-state index < -0.39 is 0 Å². The van der Waals surface area contributed by atoms with E-state index >= 15 is 0 Å². The molecule has 4 aromatic rings. The molecule has 7 nitrogen and oxygen atoms in total. The summed E-state index contributed by atoms with van der Waals surface area (Å²) in [5, 5.41) is 2.54. The van der Waals surface area contributed by atoms with Crippen LogP contribution in [0, 0.1) is 6.92 Å². The fraction of sp³-hybridized carbons (Fsp3) is 0.292. The third-order valence-electron chi connectivity index (χ3n) is 5.59. The van der Waals surface area contributed by atoms with Gasteiger partial charge in [-0.05, 0) is 43.7 Å². The van der Waals surface area contributed by atoms with Crippen molar-refractivity contribution in [1.82, 2.24) is 14.5 Å². The third kappa shape index (κ3) is 4.26. The molecule has 0 saturated heterocycles. The van der Waals surface area contributed by atoms with Crippen molar-refractivity contribution in [3.63, 3.8) is 0 Å². The number of ether oxygens (including phenoxy) is 2. The van der Waals surface area contributed by atoms with Crippen LogP contribution in [0.1, 0.15) is 17.4 Å². The van der Waals surface area contributed by atoms with E-state index in [0.717, 1.165) is 21.8 Å². The number of likely N-dealkylation sites (N-methyl/N-ethyl adjacent to an activating group) is 1. The molecule has 1 aliphatic heterocycles. The number of rotatable bonds is 6. The standard InChI is InChI=1S/C24H23N3O4S2/c1-3-26(11-16-5-6-18-19(10-16)31-9-8-30-18)21(28)12-27-14-25-23-22(24(27)29)17(13-32-23)20-7-4-15(2)33-20/h4-7,10,13-14H,3,8-9,11-12H2,1-2H3. The van der Waals surface area contributed by atoms with Gasteiger partial charge < -0.3 is 14.4 Å². The van der Waals surface area contributed by atoms with E-state index in [1.54, 1.807) is 16.2 Å². The van der Waals surface area contributed by atoms with Crippen molar-refractivity contribution in [2.45, 2.75) is 26.9 Å². The number of aryl methyl sites for hydroxylation is 1. The Morgan fingerprint density at radius 1 is 1.18 bits per heavy atom. The molecule has 0 bridgehead atoms. The number of thiophene rings is 2. The first-order valence-electron chi connectivity index (χ1n) is 10.7. The summed E-state index contributed by atoms with van der Waals surface area (Å²) in [5.41, 5.74) is 1.64. The van der Waals surface area contributed by atoms with Gasteiger partial charge in [-0.3, -0.25) is 14.2 Å². The van der Waals surface area contributed by atoms with Crippen molar-refractivity contribution >= 4 is 38.8 Å². The van der Waals surface area contributed by atoms with Gasteiger partial charge in [0.05, 0.1) is 11.7 Å². The molecule has 0 N–H and O–H groups in total. The fourth-order valence-electron chi connectivity index (χ4n) is 3.87. The number of nitrogens with zero attached hydrogens (tertiary/aromatic N) is 3. The minimum absolute atomic E-state index is 0.0566. The predicted molar refractivity (Wildman–Crippen MR) is 130 cm³/mol. The Balaban J connectivity index is 1.38. The molecule has 1 aromatic carbocycles. The second kappa shape index (κ2) is 8.99.